The number of carboxylic acids is 1. The van der Waals surface area contributed by atoms with Crippen molar-refractivity contribution in [2.24, 2.45) is 5.41 Å². The number of carbonyl (C=O) groups is 1. The van der Waals surface area contributed by atoms with E-state index in [0.29, 0.717) is 23.6 Å². The van der Waals surface area contributed by atoms with Gasteiger partial charge in [0.1, 0.15) is 0 Å². The summed E-state index contributed by atoms with van der Waals surface area (Å²) in [6.45, 7) is 7.09. The summed E-state index contributed by atoms with van der Waals surface area (Å²) in [7, 11) is 0. The van der Waals surface area contributed by atoms with Crippen LogP contribution >= 0.6 is 0 Å². The van der Waals surface area contributed by atoms with E-state index in [2.05, 4.69) is 26.1 Å². The van der Waals surface area contributed by atoms with Gasteiger partial charge >= 0.3 is 5.97 Å². The van der Waals surface area contributed by atoms with Gasteiger partial charge in [0.25, 0.3) is 0 Å². The van der Waals surface area contributed by atoms with Crippen LogP contribution < -0.4 is 5.32 Å². The van der Waals surface area contributed by atoms with Gasteiger partial charge in [-0.1, -0.05) is 26.8 Å². The highest BCUT2D eigenvalue weighted by Gasteiger charge is 2.22. The summed E-state index contributed by atoms with van der Waals surface area (Å²) in [6, 6.07) is 0.429. The first-order chi connectivity index (χ1) is 6.38. The predicted molar refractivity (Wildman–Crippen MR) is 56.2 cm³/mol. The summed E-state index contributed by atoms with van der Waals surface area (Å²) in [6.07, 6.45) is 3.75. The first-order valence-corrected chi connectivity index (χ1v) is 5.04. The number of aliphatic carboxylic acids is 1. The summed E-state index contributed by atoms with van der Waals surface area (Å²) < 4.78 is 0. The van der Waals surface area contributed by atoms with E-state index >= 15 is 0 Å². The van der Waals surface area contributed by atoms with Crippen molar-refractivity contribution in [3.05, 3.63) is 11.6 Å². The second kappa shape index (κ2) is 4.13. The molecule has 1 rings (SSSR count). The van der Waals surface area contributed by atoms with Gasteiger partial charge in [-0.05, 0) is 18.3 Å². The molecule has 0 spiro atoms. The molecule has 0 aromatic heterocycles. The maximum absolute atomic E-state index is 10.6. The van der Waals surface area contributed by atoms with Gasteiger partial charge in [0.15, 0.2) is 0 Å². The summed E-state index contributed by atoms with van der Waals surface area (Å²) >= 11 is 0. The zero-order chi connectivity index (χ0) is 10.8. The molecule has 1 unspecified atom stereocenters. The smallest absolute Gasteiger partial charge is 0.332 e. The largest absolute Gasteiger partial charge is 0.478 e. The fourth-order valence-corrected chi connectivity index (χ4v) is 1.75. The highest BCUT2D eigenvalue weighted by molar-refractivity contribution is 5.87. The second-order valence-electron chi connectivity index (χ2n) is 5.11. The molecule has 1 heterocycles. The van der Waals surface area contributed by atoms with Crippen LogP contribution in [0.1, 0.15) is 33.6 Å². The minimum Gasteiger partial charge on any atom is -0.478 e. The van der Waals surface area contributed by atoms with Crippen LogP contribution in [0.2, 0.25) is 0 Å². The van der Waals surface area contributed by atoms with Gasteiger partial charge in [0.05, 0.1) is 0 Å². The molecule has 3 nitrogen and oxygen atoms in total. The Morgan fingerprint density at radius 2 is 2.29 bits per heavy atom. The quantitative estimate of drug-likeness (QED) is 0.709. The Bertz CT molecular complexity index is 251. The Hall–Kier alpha value is -0.830. The SMILES string of the molecule is CC(C)(C)CC1CC=C(C(=O)O)CN1. The third kappa shape index (κ3) is 3.50. The van der Waals surface area contributed by atoms with Crippen LogP contribution in [-0.4, -0.2) is 23.7 Å². The molecule has 80 valence electrons. The highest BCUT2D eigenvalue weighted by Crippen LogP contribution is 2.24. The van der Waals surface area contributed by atoms with E-state index in [-0.39, 0.29) is 0 Å². The molecule has 2 N–H and O–H groups in total. The molecule has 0 aliphatic carbocycles. The summed E-state index contributed by atoms with van der Waals surface area (Å²) in [5.41, 5.74) is 0.793. The molecule has 0 amide bonds. The maximum Gasteiger partial charge on any atom is 0.332 e. The molecule has 0 aromatic carbocycles. The Kier molecular flexibility index (Phi) is 3.32. The van der Waals surface area contributed by atoms with Gasteiger partial charge in [0, 0.05) is 18.2 Å². The standard InChI is InChI=1S/C11H19NO2/c1-11(2,3)6-9-5-4-8(7-12-9)10(13)14/h4,9,12H,5-7H2,1-3H3,(H,13,14). The number of hydrogen-bond acceptors (Lipinski definition) is 2. The third-order valence-electron chi connectivity index (χ3n) is 2.36. The molecular weight excluding hydrogens is 178 g/mol. The zero-order valence-electron chi connectivity index (χ0n) is 9.13. The average molecular weight is 197 g/mol. The Balaban J connectivity index is 2.47. The van der Waals surface area contributed by atoms with E-state index in [0.717, 1.165) is 12.8 Å². The van der Waals surface area contributed by atoms with Gasteiger partial charge in [-0.3, -0.25) is 0 Å². The van der Waals surface area contributed by atoms with Gasteiger partial charge in [-0.15, -0.1) is 0 Å². The van der Waals surface area contributed by atoms with Crippen molar-refractivity contribution < 1.29 is 9.90 Å². The lowest BCUT2D eigenvalue weighted by Gasteiger charge is -2.28. The normalized spacial score (nSPS) is 23.1. The minimum atomic E-state index is -0.799. The molecular formula is C11H19NO2. The average Bonchev–Trinajstić information content (AvgIpc) is 2.02. The third-order valence-corrected chi connectivity index (χ3v) is 2.36. The summed E-state index contributed by atoms with van der Waals surface area (Å²) in [5.74, 6) is -0.799. The molecule has 1 aliphatic rings. The summed E-state index contributed by atoms with van der Waals surface area (Å²) in [5, 5.41) is 12.0. The van der Waals surface area contributed by atoms with E-state index in [1.54, 1.807) is 0 Å². The van der Waals surface area contributed by atoms with Crippen LogP contribution in [0.5, 0.6) is 0 Å². The fraction of sp³-hybridized carbons (Fsp3) is 0.727. The van der Waals surface area contributed by atoms with Gasteiger partial charge < -0.3 is 10.4 Å². The molecule has 0 saturated heterocycles. The van der Waals surface area contributed by atoms with Crippen molar-refractivity contribution in [3.8, 4) is 0 Å². The van der Waals surface area contributed by atoms with Crippen molar-refractivity contribution in [1.82, 2.24) is 5.32 Å². The molecule has 0 saturated carbocycles. The van der Waals surface area contributed by atoms with Crippen LogP contribution in [0.15, 0.2) is 11.6 Å². The van der Waals surface area contributed by atoms with Crippen LogP contribution in [0, 0.1) is 5.41 Å². The number of hydrogen-bond donors (Lipinski definition) is 2. The van der Waals surface area contributed by atoms with Gasteiger partial charge in [0.2, 0.25) is 0 Å². The van der Waals surface area contributed by atoms with Crippen molar-refractivity contribution in [3.63, 3.8) is 0 Å². The van der Waals surface area contributed by atoms with E-state index < -0.39 is 5.97 Å². The number of nitrogens with one attached hydrogen (secondary N) is 1. The highest BCUT2D eigenvalue weighted by atomic mass is 16.4. The first-order valence-electron chi connectivity index (χ1n) is 5.04. The lowest BCUT2D eigenvalue weighted by atomic mass is 9.85. The van der Waals surface area contributed by atoms with E-state index in [4.69, 9.17) is 5.11 Å². The Labute approximate surface area is 85.2 Å². The Morgan fingerprint density at radius 1 is 1.64 bits per heavy atom. The van der Waals surface area contributed by atoms with Crippen molar-refractivity contribution in [2.75, 3.05) is 6.54 Å². The fourth-order valence-electron chi connectivity index (χ4n) is 1.75. The molecule has 1 atom stereocenters. The molecule has 0 fully saturated rings. The first kappa shape index (κ1) is 11.2. The molecule has 0 aromatic rings. The van der Waals surface area contributed by atoms with Crippen molar-refractivity contribution in [1.29, 1.82) is 0 Å². The topological polar surface area (TPSA) is 49.3 Å². The summed E-state index contributed by atoms with van der Waals surface area (Å²) in [4.78, 5) is 10.6. The minimum absolute atomic E-state index is 0.298. The molecule has 3 heteroatoms. The lowest BCUT2D eigenvalue weighted by Crippen LogP contribution is -2.38. The van der Waals surface area contributed by atoms with E-state index in [1.165, 1.54) is 0 Å². The van der Waals surface area contributed by atoms with Crippen LogP contribution in [0.4, 0.5) is 0 Å². The lowest BCUT2D eigenvalue weighted by molar-refractivity contribution is -0.132. The molecule has 14 heavy (non-hydrogen) atoms. The molecule has 1 aliphatic heterocycles. The van der Waals surface area contributed by atoms with Gasteiger partial charge in [-0.2, -0.15) is 0 Å². The van der Waals surface area contributed by atoms with Gasteiger partial charge in [-0.25, -0.2) is 4.79 Å². The predicted octanol–water partition coefficient (Wildman–Crippen LogP) is 1.80. The second-order valence-corrected chi connectivity index (χ2v) is 5.11. The van der Waals surface area contributed by atoms with Crippen LogP contribution in [0.3, 0.4) is 0 Å². The molecule has 0 radical (unpaired) electrons. The number of carboxylic acid groups (broad SMARTS) is 1. The van der Waals surface area contributed by atoms with Crippen molar-refractivity contribution >= 4 is 5.97 Å². The Morgan fingerprint density at radius 3 is 2.64 bits per heavy atom. The zero-order valence-corrected chi connectivity index (χ0v) is 9.13. The molecule has 0 bridgehead atoms. The van der Waals surface area contributed by atoms with E-state index in [1.807, 2.05) is 6.08 Å². The van der Waals surface area contributed by atoms with Crippen LogP contribution in [0.25, 0.3) is 0 Å². The van der Waals surface area contributed by atoms with E-state index in [9.17, 15) is 4.79 Å². The monoisotopic (exact) mass is 197 g/mol. The maximum atomic E-state index is 10.6. The van der Waals surface area contributed by atoms with Crippen molar-refractivity contribution in [2.45, 2.75) is 39.7 Å². The number of rotatable bonds is 2. The van der Waals surface area contributed by atoms with Crippen LogP contribution in [-0.2, 0) is 4.79 Å².